The van der Waals surface area contributed by atoms with Crippen LogP contribution in [0, 0.1) is 0 Å². The highest BCUT2D eigenvalue weighted by Gasteiger charge is 2.24. The molecule has 0 spiro atoms. The van der Waals surface area contributed by atoms with Gasteiger partial charge in [0.2, 0.25) is 0 Å². The number of anilines is 1. The lowest BCUT2D eigenvalue weighted by Crippen LogP contribution is -2.40. The summed E-state index contributed by atoms with van der Waals surface area (Å²) in [4.78, 5) is 15.8. The van der Waals surface area contributed by atoms with E-state index in [0.29, 0.717) is 5.56 Å². The van der Waals surface area contributed by atoms with Crippen molar-refractivity contribution in [3.8, 4) is 0 Å². The number of nitrogen functional groups attached to an aromatic ring is 1. The van der Waals surface area contributed by atoms with Crippen molar-refractivity contribution in [2.24, 2.45) is 0 Å². The summed E-state index contributed by atoms with van der Waals surface area (Å²) in [7, 11) is 0. The van der Waals surface area contributed by atoms with Gasteiger partial charge in [0.05, 0.1) is 12.1 Å². The van der Waals surface area contributed by atoms with Gasteiger partial charge in [0.25, 0.3) is 5.91 Å². The number of carbonyl (C=O) groups excluding carboxylic acids is 1. The maximum absolute atomic E-state index is 12.0. The van der Waals surface area contributed by atoms with Crippen LogP contribution in [0.25, 0.3) is 0 Å². The highest BCUT2D eigenvalue weighted by molar-refractivity contribution is 6.29. The standard InChI is InChI=1S/C12H16ClN3O2/c1-7(9-3-2-4-18-9)15-12(17)8-5-10(13)16-11(14)6-8/h5-7,9H,2-4H2,1H3,(H2,14,16)(H,15,17). The maximum Gasteiger partial charge on any atom is 0.251 e. The van der Waals surface area contributed by atoms with E-state index in [0.717, 1.165) is 19.4 Å². The Hall–Kier alpha value is -1.33. The normalized spacial score (nSPS) is 20.7. The second kappa shape index (κ2) is 5.54. The molecule has 0 radical (unpaired) electrons. The molecule has 3 N–H and O–H groups in total. The molecule has 1 aliphatic rings. The summed E-state index contributed by atoms with van der Waals surface area (Å²) in [6.07, 6.45) is 2.10. The number of pyridine rings is 1. The minimum atomic E-state index is -0.214. The Balaban J connectivity index is 2.02. The summed E-state index contributed by atoms with van der Waals surface area (Å²) >= 11 is 5.76. The first-order valence-electron chi connectivity index (χ1n) is 5.92. The molecule has 0 bridgehead atoms. The van der Waals surface area contributed by atoms with Crippen LogP contribution in [-0.2, 0) is 4.74 Å². The quantitative estimate of drug-likeness (QED) is 0.818. The average Bonchev–Trinajstić information content (AvgIpc) is 2.80. The van der Waals surface area contributed by atoms with Gasteiger partial charge in [-0.05, 0) is 31.9 Å². The summed E-state index contributed by atoms with van der Waals surface area (Å²) < 4.78 is 5.52. The lowest BCUT2D eigenvalue weighted by Gasteiger charge is -2.20. The number of rotatable bonds is 3. The SMILES string of the molecule is CC(NC(=O)c1cc(N)nc(Cl)c1)C1CCCO1. The Labute approximate surface area is 111 Å². The number of nitrogens with one attached hydrogen (secondary N) is 1. The van der Waals surface area contributed by atoms with Gasteiger partial charge in [0.15, 0.2) is 0 Å². The zero-order chi connectivity index (χ0) is 13.1. The van der Waals surface area contributed by atoms with Crippen LogP contribution >= 0.6 is 11.6 Å². The lowest BCUT2D eigenvalue weighted by molar-refractivity contribution is 0.0712. The van der Waals surface area contributed by atoms with Gasteiger partial charge in [-0.2, -0.15) is 0 Å². The minimum absolute atomic E-state index is 0.0341. The molecule has 5 nitrogen and oxygen atoms in total. The molecule has 18 heavy (non-hydrogen) atoms. The predicted octanol–water partition coefficient (Wildman–Crippen LogP) is 1.61. The van der Waals surface area contributed by atoms with Crippen LogP contribution in [0.2, 0.25) is 5.15 Å². The molecule has 6 heteroatoms. The zero-order valence-electron chi connectivity index (χ0n) is 10.1. The van der Waals surface area contributed by atoms with Crippen molar-refractivity contribution in [2.45, 2.75) is 31.9 Å². The smallest absolute Gasteiger partial charge is 0.251 e. The van der Waals surface area contributed by atoms with E-state index in [4.69, 9.17) is 22.1 Å². The van der Waals surface area contributed by atoms with Gasteiger partial charge in [-0.3, -0.25) is 4.79 Å². The van der Waals surface area contributed by atoms with Crippen molar-refractivity contribution in [3.05, 3.63) is 22.8 Å². The van der Waals surface area contributed by atoms with Gasteiger partial charge in [-0.25, -0.2) is 4.98 Å². The molecular weight excluding hydrogens is 254 g/mol. The summed E-state index contributed by atoms with van der Waals surface area (Å²) in [6, 6.07) is 2.96. The zero-order valence-corrected chi connectivity index (χ0v) is 10.9. The largest absolute Gasteiger partial charge is 0.384 e. The van der Waals surface area contributed by atoms with Crippen LogP contribution in [0.1, 0.15) is 30.1 Å². The Morgan fingerprint density at radius 3 is 3.06 bits per heavy atom. The summed E-state index contributed by atoms with van der Waals surface area (Å²) in [6.45, 7) is 2.69. The van der Waals surface area contributed by atoms with E-state index in [9.17, 15) is 4.79 Å². The van der Waals surface area contributed by atoms with Gasteiger partial charge >= 0.3 is 0 Å². The molecular formula is C12H16ClN3O2. The van der Waals surface area contributed by atoms with E-state index in [1.807, 2.05) is 6.92 Å². The van der Waals surface area contributed by atoms with Gasteiger partial charge in [-0.1, -0.05) is 11.6 Å². The highest BCUT2D eigenvalue weighted by Crippen LogP contribution is 2.17. The van der Waals surface area contributed by atoms with Gasteiger partial charge in [0, 0.05) is 12.2 Å². The van der Waals surface area contributed by atoms with Crippen molar-refractivity contribution in [3.63, 3.8) is 0 Å². The summed E-state index contributed by atoms with van der Waals surface area (Å²) in [5, 5.41) is 3.10. The molecule has 1 amide bonds. The monoisotopic (exact) mass is 269 g/mol. The first-order valence-corrected chi connectivity index (χ1v) is 6.29. The summed E-state index contributed by atoms with van der Waals surface area (Å²) in [5.74, 6) is 0.0198. The third-order valence-electron chi connectivity index (χ3n) is 2.96. The van der Waals surface area contributed by atoms with Gasteiger partial charge < -0.3 is 15.8 Å². The molecule has 98 valence electrons. The van der Waals surface area contributed by atoms with Crippen molar-refractivity contribution in [1.29, 1.82) is 0 Å². The minimum Gasteiger partial charge on any atom is -0.384 e. The molecule has 0 aliphatic carbocycles. The van der Waals surface area contributed by atoms with Crippen LogP contribution in [0.3, 0.4) is 0 Å². The Morgan fingerprint density at radius 2 is 2.44 bits per heavy atom. The van der Waals surface area contributed by atoms with Crippen molar-refractivity contribution < 1.29 is 9.53 Å². The molecule has 2 heterocycles. The number of nitrogens with zero attached hydrogens (tertiary/aromatic N) is 1. The number of ether oxygens (including phenoxy) is 1. The molecule has 0 aromatic carbocycles. The van der Waals surface area contributed by atoms with Crippen LogP contribution < -0.4 is 11.1 Å². The fourth-order valence-corrected chi connectivity index (χ4v) is 2.24. The molecule has 2 unspecified atom stereocenters. The van der Waals surface area contributed by atoms with Crippen LogP contribution in [0.5, 0.6) is 0 Å². The number of halogens is 1. The first kappa shape index (κ1) is 13.1. The van der Waals surface area contributed by atoms with E-state index < -0.39 is 0 Å². The topological polar surface area (TPSA) is 77.2 Å². The van der Waals surface area contributed by atoms with E-state index >= 15 is 0 Å². The maximum atomic E-state index is 12.0. The molecule has 1 saturated heterocycles. The molecule has 1 aliphatic heterocycles. The molecule has 1 fully saturated rings. The Morgan fingerprint density at radius 1 is 1.67 bits per heavy atom. The molecule has 1 aromatic rings. The van der Waals surface area contributed by atoms with Crippen LogP contribution in [-0.4, -0.2) is 29.6 Å². The van der Waals surface area contributed by atoms with Crippen LogP contribution in [0.4, 0.5) is 5.82 Å². The number of nitrogens with two attached hydrogens (primary N) is 1. The molecule has 2 atom stereocenters. The third-order valence-corrected chi connectivity index (χ3v) is 3.15. The number of carbonyl (C=O) groups is 1. The van der Waals surface area contributed by atoms with Crippen molar-refractivity contribution in [2.75, 3.05) is 12.3 Å². The van der Waals surface area contributed by atoms with Crippen molar-refractivity contribution in [1.82, 2.24) is 10.3 Å². The van der Waals surface area contributed by atoms with Crippen molar-refractivity contribution >= 4 is 23.3 Å². The fourth-order valence-electron chi connectivity index (χ4n) is 2.03. The van der Waals surface area contributed by atoms with E-state index in [2.05, 4.69) is 10.3 Å². The number of aromatic nitrogens is 1. The first-order chi connectivity index (χ1) is 8.56. The fraction of sp³-hybridized carbons (Fsp3) is 0.500. The summed E-state index contributed by atoms with van der Waals surface area (Å²) in [5.41, 5.74) is 5.96. The number of amides is 1. The van der Waals surface area contributed by atoms with Crippen LogP contribution in [0.15, 0.2) is 12.1 Å². The van der Waals surface area contributed by atoms with E-state index in [1.54, 1.807) is 0 Å². The Bertz CT molecular complexity index is 427. The average molecular weight is 270 g/mol. The Kier molecular flexibility index (Phi) is 4.04. The van der Waals surface area contributed by atoms with Gasteiger partial charge in [-0.15, -0.1) is 0 Å². The lowest BCUT2D eigenvalue weighted by atomic mass is 10.1. The third kappa shape index (κ3) is 3.11. The number of hydrogen-bond donors (Lipinski definition) is 2. The second-order valence-corrected chi connectivity index (χ2v) is 4.80. The second-order valence-electron chi connectivity index (χ2n) is 4.42. The van der Waals surface area contributed by atoms with E-state index in [-0.39, 0.29) is 29.0 Å². The van der Waals surface area contributed by atoms with E-state index in [1.165, 1.54) is 12.1 Å². The highest BCUT2D eigenvalue weighted by atomic mass is 35.5. The molecule has 0 saturated carbocycles. The predicted molar refractivity (Wildman–Crippen MR) is 69.6 cm³/mol. The molecule has 1 aromatic heterocycles. The molecule has 2 rings (SSSR count). The van der Waals surface area contributed by atoms with Gasteiger partial charge in [0.1, 0.15) is 11.0 Å². The number of hydrogen-bond acceptors (Lipinski definition) is 4.